The summed E-state index contributed by atoms with van der Waals surface area (Å²) in [6.07, 6.45) is -0.525. The van der Waals surface area contributed by atoms with Crippen molar-refractivity contribution >= 4 is 17.6 Å². The largest absolute Gasteiger partial charge is 0.389 e. The molecule has 0 radical (unpaired) electrons. The summed E-state index contributed by atoms with van der Waals surface area (Å²) in [5.74, 6) is -0.221. The Morgan fingerprint density at radius 2 is 1.83 bits per heavy atom. The van der Waals surface area contributed by atoms with Gasteiger partial charge in [0.2, 0.25) is 0 Å². The van der Waals surface area contributed by atoms with Gasteiger partial charge in [-0.3, -0.25) is 9.69 Å². The summed E-state index contributed by atoms with van der Waals surface area (Å²) < 4.78 is 5.24. The maximum absolute atomic E-state index is 12.7. The van der Waals surface area contributed by atoms with Gasteiger partial charge in [-0.1, -0.05) is 12.1 Å². The number of anilines is 1. The zero-order chi connectivity index (χ0) is 21.4. The van der Waals surface area contributed by atoms with Crippen molar-refractivity contribution in [3.8, 4) is 0 Å². The van der Waals surface area contributed by atoms with E-state index in [2.05, 4.69) is 15.5 Å². The lowest BCUT2D eigenvalue weighted by atomic mass is 10.1. The molecule has 1 heterocycles. The number of ether oxygens (including phenoxy) is 1. The minimum atomic E-state index is -0.525. The molecule has 1 fully saturated rings. The van der Waals surface area contributed by atoms with Gasteiger partial charge in [-0.2, -0.15) is 0 Å². The number of hydrogen-bond donors (Lipinski definition) is 3. The Hall–Kier alpha value is -2.16. The normalized spacial score (nSPS) is 16.4. The molecule has 1 aliphatic rings. The summed E-state index contributed by atoms with van der Waals surface area (Å²) in [4.78, 5) is 29.1. The lowest BCUT2D eigenvalue weighted by molar-refractivity contribution is 0.0139. The zero-order valence-electron chi connectivity index (χ0n) is 17.9. The molecule has 1 atom stereocenters. The molecule has 0 spiro atoms. The van der Waals surface area contributed by atoms with E-state index in [0.717, 1.165) is 0 Å². The summed E-state index contributed by atoms with van der Waals surface area (Å²) in [7, 11) is 0. The molecule has 1 aliphatic heterocycles. The second kappa shape index (κ2) is 10.6. The molecule has 0 unspecified atom stereocenters. The van der Waals surface area contributed by atoms with Crippen molar-refractivity contribution in [3.63, 3.8) is 0 Å². The van der Waals surface area contributed by atoms with Crippen LogP contribution in [0.1, 0.15) is 38.1 Å². The number of rotatable bonds is 7. The van der Waals surface area contributed by atoms with Crippen molar-refractivity contribution in [2.24, 2.45) is 0 Å². The number of nitrogens with zero attached hydrogens (tertiary/aromatic N) is 2. The maximum atomic E-state index is 12.7. The number of hydrogen-bond acceptors (Lipinski definition) is 5. The van der Waals surface area contributed by atoms with Crippen molar-refractivity contribution in [3.05, 3.63) is 29.8 Å². The van der Waals surface area contributed by atoms with Crippen LogP contribution in [0.2, 0.25) is 0 Å². The Balaban J connectivity index is 1.90. The van der Waals surface area contributed by atoms with Crippen molar-refractivity contribution in [1.29, 1.82) is 0 Å². The molecule has 0 bridgehead atoms. The van der Waals surface area contributed by atoms with Crippen LogP contribution in [-0.4, -0.2) is 84.4 Å². The molecular weight excluding hydrogens is 372 g/mol. The summed E-state index contributed by atoms with van der Waals surface area (Å²) in [6, 6.07) is 6.78. The van der Waals surface area contributed by atoms with Gasteiger partial charge in [-0.25, -0.2) is 4.79 Å². The molecule has 2 rings (SSSR count). The predicted octanol–water partition coefficient (Wildman–Crippen LogP) is 1.76. The first kappa shape index (κ1) is 23.1. The van der Waals surface area contributed by atoms with E-state index in [1.807, 2.05) is 27.7 Å². The highest BCUT2D eigenvalue weighted by molar-refractivity contribution is 6.03. The summed E-state index contributed by atoms with van der Waals surface area (Å²) >= 11 is 0. The predicted molar refractivity (Wildman–Crippen MR) is 113 cm³/mol. The third kappa shape index (κ3) is 7.64. The molecule has 29 heavy (non-hydrogen) atoms. The number of piperazine rings is 1. The Morgan fingerprint density at radius 1 is 1.17 bits per heavy atom. The molecule has 0 aromatic heterocycles. The third-order valence-electron chi connectivity index (χ3n) is 4.54. The summed E-state index contributed by atoms with van der Waals surface area (Å²) in [5.41, 5.74) is 0.569. The molecular formula is C21H34N4O4. The number of benzene rings is 1. The Morgan fingerprint density at radius 3 is 2.45 bits per heavy atom. The van der Waals surface area contributed by atoms with Gasteiger partial charge in [-0.15, -0.1) is 0 Å². The number of para-hydroxylation sites is 1. The molecule has 3 amide bonds. The van der Waals surface area contributed by atoms with Crippen LogP contribution >= 0.6 is 0 Å². The van der Waals surface area contributed by atoms with E-state index in [1.165, 1.54) is 0 Å². The third-order valence-corrected chi connectivity index (χ3v) is 4.54. The van der Waals surface area contributed by atoms with Gasteiger partial charge < -0.3 is 25.4 Å². The fourth-order valence-corrected chi connectivity index (χ4v) is 3.13. The van der Waals surface area contributed by atoms with Crippen molar-refractivity contribution in [2.45, 2.75) is 39.3 Å². The van der Waals surface area contributed by atoms with Crippen LogP contribution < -0.4 is 10.6 Å². The summed E-state index contributed by atoms with van der Waals surface area (Å²) in [6.45, 7) is 11.6. The fraction of sp³-hybridized carbons (Fsp3) is 0.619. The Labute approximate surface area is 173 Å². The quantitative estimate of drug-likeness (QED) is 0.642. The van der Waals surface area contributed by atoms with Crippen LogP contribution in [0.15, 0.2) is 24.3 Å². The highest BCUT2D eigenvalue weighted by Crippen LogP contribution is 2.17. The zero-order valence-corrected chi connectivity index (χ0v) is 17.9. The summed E-state index contributed by atoms with van der Waals surface area (Å²) in [5, 5.41) is 15.8. The smallest absolute Gasteiger partial charge is 0.321 e. The molecule has 1 saturated heterocycles. The number of nitrogens with one attached hydrogen (secondary N) is 2. The fourth-order valence-electron chi connectivity index (χ4n) is 3.13. The first-order valence-electron chi connectivity index (χ1n) is 10.1. The number of β-amino-alcohol motifs (C(OH)–C–C–N with tert-alkyl or cyclic N) is 1. The van der Waals surface area contributed by atoms with Crippen LogP contribution in [0.5, 0.6) is 0 Å². The van der Waals surface area contributed by atoms with E-state index >= 15 is 0 Å². The topological polar surface area (TPSA) is 94.1 Å². The van der Waals surface area contributed by atoms with Crippen molar-refractivity contribution in [1.82, 2.24) is 15.1 Å². The Kier molecular flexibility index (Phi) is 8.43. The van der Waals surface area contributed by atoms with Crippen molar-refractivity contribution < 1.29 is 19.4 Å². The Bertz CT molecular complexity index is 682. The standard InChI is InChI=1S/C21H34N4O4/c1-5-29-15-16(26)14-24-10-12-25(13-11-24)20(28)22-18-9-7-6-8-17(18)19(27)23-21(2,3)4/h6-9,16,26H,5,10-15H2,1-4H3,(H,22,28)(H,23,27)/t16-/m0/s1. The lowest BCUT2D eigenvalue weighted by Crippen LogP contribution is -2.52. The van der Waals surface area contributed by atoms with E-state index in [1.54, 1.807) is 29.2 Å². The van der Waals surface area contributed by atoms with Gasteiger partial charge in [0.25, 0.3) is 5.91 Å². The minimum Gasteiger partial charge on any atom is -0.389 e. The maximum Gasteiger partial charge on any atom is 0.321 e. The van der Waals surface area contributed by atoms with Gasteiger partial charge >= 0.3 is 6.03 Å². The molecule has 0 aliphatic carbocycles. The van der Waals surface area contributed by atoms with Crippen molar-refractivity contribution in [2.75, 3.05) is 51.3 Å². The second-order valence-corrected chi connectivity index (χ2v) is 8.28. The average Bonchev–Trinajstić information content (AvgIpc) is 2.66. The lowest BCUT2D eigenvalue weighted by Gasteiger charge is -2.35. The van der Waals surface area contributed by atoms with E-state index in [0.29, 0.717) is 57.2 Å². The number of carbonyl (C=O) groups excluding carboxylic acids is 2. The monoisotopic (exact) mass is 406 g/mol. The van der Waals surface area contributed by atoms with Crippen LogP contribution in [0, 0.1) is 0 Å². The second-order valence-electron chi connectivity index (χ2n) is 8.28. The molecule has 8 heteroatoms. The van der Waals surface area contributed by atoms with Crippen LogP contribution in [0.25, 0.3) is 0 Å². The van der Waals surface area contributed by atoms with Gasteiger partial charge in [0.1, 0.15) is 0 Å². The van der Waals surface area contributed by atoms with Gasteiger partial charge in [0.05, 0.1) is 24.0 Å². The SMILES string of the molecule is CCOC[C@@H](O)CN1CCN(C(=O)Nc2ccccc2C(=O)NC(C)(C)C)CC1. The number of aliphatic hydroxyl groups is 1. The number of aliphatic hydroxyl groups excluding tert-OH is 1. The van der Waals surface area contributed by atoms with E-state index in [4.69, 9.17) is 4.74 Å². The van der Waals surface area contributed by atoms with E-state index in [-0.39, 0.29) is 17.5 Å². The highest BCUT2D eigenvalue weighted by atomic mass is 16.5. The molecule has 162 valence electrons. The van der Waals surface area contributed by atoms with E-state index < -0.39 is 6.10 Å². The van der Waals surface area contributed by atoms with Crippen LogP contribution in [0.4, 0.5) is 10.5 Å². The van der Waals surface area contributed by atoms with Crippen LogP contribution in [0.3, 0.4) is 0 Å². The van der Waals surface area contributed by atoms with Gasteiger partial charge in [0, 0.05) is 44.9 Å². The van der Waals surface area contributed by atoms with Gasteiger partial charge in [0.15, 0.2) is 0 Å². The molecule has 3 N–H and O–H groups in total. The first-order chi connectivity index (χ1) is 13.7. The highest BCUT2D eigenvalue weighted by Gasteiger charge is 2.24. The molecule has 1 aromatic carbocycles. The van der Waals surface area contributed by atoms with Crippen LogP contribution in [-0.2, 0) is 4.74 Å². The first-order valence-corrected chi connectivity index (χ1v) is 10.1. The minimum absolute atomic E-state index is 0.221. The number of amides is 3. The number of carbonyl (C=O) groups is 2. The number of urea groups is 1. The van der Waals surface area contributed by atoms with E-state index in [9.17, 15) is 14.7 Å². The molecule has 1 aromatic rings. The molecule has 8 nitrogen and oxygen atoms in total. The average molecular weight is 407 g/mol. The molecule has 0 saturated carbocycles. The van der Waals surface area contributed by atoms with Gasteiger partial charge in [-0.05, 0) is 39.8 Å².